The molecule has 2 atom stereocenters. The van der Waals surface area contributed by atoms with Gasteiger partial charge in [0.15, 0.2) is 11.6 Å². The van der Waals surface area contributed by atoms with Crippen LogP contribution in [0.4, 0.5) is 0 Å². The summed E-state index contributed by atoms with van der Waals surface area (Å²) in [6, 6.07) is 15.3. The van der Waals surface area contributed by atoms with Gasteiger partial charge >= 0.3 is 0 Å². The lowest BCUT2D eigenvalue weighted by atomic mass is 9.85. The van der Waals surface area contributed by atoms with Gasteiger partial charge in [0.2, 0.25) is 0 Å². The summed E-state index contributed by atoms with van der Waals surface area (Å²) in [6.45, 7) is 19.8. The van der Waals surface area contributed by atoms with Gasteiger partial charge in [0.05, 0.1) is 13.2 Å². The number of hydrogen-bond acceptors (Lipinski definition) is 6. The summed E-state index contributed by atoms with van der Waals surface area (Å²) in [4.78, 5) is 33.1. The first-order valence-electron chi connectivity index (χ1n) is 18.4. The first kappa shape index (κ1) is 39.5. The lowest BCUT2D eigenvalue weighted by molar-refractivity contribution is 0.0808. The first-order chi connectivity index (χ1) is 22.4. The van der Waals surface area contributed by atoms with Crippen molar-refractivity contribution < 1.29 is 19.1 Å². The van der Waals surface area contributed by atoms with Gasteiger partial charge in [0.1, 0.15) is 11.5 Å². The monoisotopic (exact) mass is 636 g/mol. The second kappa shape index (κ2) is 23.6. The van der Waals surface area contributed by atoms with Crippen LogP contribution in [0.1, 0.15) is 126 Å². The Bertz CT molecular complexity index is 986. The average molecular weight is 637 g/mol. The lowest BCUT2D eigenvalue weighted by Crippen LogP contribution is -2.37. The summed E-state index contributed by atoms with van der Waals surface area (Å²) in [7, 11) is 0. The standard InChI is InChI=1S/C40H64N2O4/c1-7-13-29-45-37-21-17-33(18-22-37)39(43)35(31-41(25-9-3)26-10-4)15-16-36(32-42(27-11-5)28-12-6)40(44)34-19-23-38(24-20-34)46-30-14-8-2/h17-24,35-36H,7-16,25-32H2,1-6H3/t35-,36-/m0/s1. The maximum atomic E-state index is 14.1. The number of carbonyl (C=O) groups excluding carboxylic acids is 2. The largest absolute Gasteiger partial charge is 0.494 e. The van der Waals surface area contributed by atoms with Crippen molar-refractivity contribution in [2.45, 2.75) is 106 Å². The van der Waals surface area contributed by atoms with Crippen LogP contribution in [0.3, 0.4) is 0 Å². The molecule has 6 heteroatoms. The van der Waals surface area contributed by atoms with E-state index >= 15 is 0 Å². The van der Waals surface area contributed by atoms with Crippen LogP contribution in [-0.2, 0) is 0 Å². The van der Waals surface area contributed by atoms with Crippen LogP contribution in [0, 0.1) is 11.8 Å². The number of rotatable bonds is 27. The maximum Gasteiger partial charge on any atom is 0.167 e. The molecule has 0 saturated carbocycles. The summed E-state index contributed by atoms with van der Waals surface area (Å²) >= 11 is 0. The molecule has 2 aromatic rings. The van der Waals surface area contributed by atoms with Crippen LogP contribution < -0.4 is 9.47 Å². The molecular formula is C40H64N2O4. The highest BCUT2D eigenvalue weighted by atomic mass is 16.5. The van der Waals surface area contributed by atoms with Gasteiger partial charge in [-0.15, -0.1) is 0 Å². The average Bonchev–Trinajstić information content (AvgIpc) is 3.06. The third-order valence-corrected chi connectivity index (χ3v) is 8.53. The zero-order chi connectivity index (χ0) is 33.6. The highest BCUT2D eigenvalue weighted by molar-refractivity contribution is 5.99. The van der Waals surface area contributed by atoms with Crippen molar-refractivity contribution >= 4 is 11.6 Å². The van der Waals surface area contributed by atoms with E-state index in [4.69, 9.17) is 9.47 Å². The van der Waals surface area contributed by atoms with Crippen molar-refractivity contribution in [3.05, 3.63) is 59.7 Å². The molecule has 0 heterocycles. The fourth-order valence-electron chi connectivity index (χ4n) is 6.06. The number of unbranched alkanes of at least 4 members (excludes halogenated alkanes) is 2. The highest BCUT2D eigenvalue weighted by Crippen LogP contribution is 2.25. The van der Waals surface area contributed by atoms with Gasteiger partial charge in [0, 0.05) is 36.1 Å². The van der Waals surface area contributed by atoms with Gasteiger partial charge < -0.3 is 19.3 Å². The molecule has 0 spiro atoms. The van der Waals surface area contributed by atoms with E-state index < -0.39 is 0 Å². The van der Waals surface area contributed by atoms with Crippen molar-refractivity contribution in [3.63, 3.8) is 0 Å². The third-order valence-electron chi connectivity index (χ3n) is 8.53. The quantitative estimate of drug-likeness (QED) is 0.0719. The number of Topliss-reactive ketones (excluding diaryl/α,β-unsaturated/α-hetero) is 2. The molecule has 0 aliphatic rings. The van der Waals surface area contributed by atoms with Gasteiger partial charge in [-0.1, -0.05) is 54.4 Å². The summed E-state index contributed by atoms with van der Waals surface area (Å²) in [5, 5.41) is 0. The normalized spacial score (nSPS) is 12.8. The zero-order valence-electron chi connectivity index (χ0n) is 30.0. The Morgan fingerprint density at radius 3 is 1.13 bits per heavy atom. The highest BCUT2D eigenvalue weighted by Gasteiger charge is 2.28. The van der Waals surface area contributed by atoms with E-state index in [9.17, 15) is 9.59 Å². The van der Waals surface area contributed by atoms with Gasteiger partial charge in [-0.2, -0.15) is 0 Å². The van der Waals surface area contributed by atoms with E-state index in [1.165, 1.54) is 0 Å². The van der Waals surface area contributed by atoms with E-state index in [2.05, 4.69) is 51.3 Å². The predicted molar refractivity (Wildman–Crippen MR) is 193 cm³/mol. The van der Waals surface area contributed by atoms with Crippen LogP contribution in [0.15, 0.2) is 48.5 Å². The maximum absolute atomic E-state index is 14.1. The fourth-order valence-corrected chi connectivity index (χ4v) is 6.06. The molecule has 258 valence electrons. The number of ether oxygens (including phenoxy) is 2. The Balaban J connectivity index is 2.32. The molecule has 0 aliphatic heterocycles. The molecule has 6 nitrogen and oxygen atoms in total. The molecule has 0 N–H and O–H groups in total. The second-order valence-electron chi connectivity index (χ2n) is 12.8. The Hall–Kier alpha value is -2.70. The first-order valence-corrected chi connectivity index (χ1v) is 18.4. The summed E-state index contributed by atoms with van der Waals surface area (Å²) in [6.07, 6.45) is 9.75. The van der Waals surface area contributed by atoms with Gasteiger partial charge in [-0.3, -0.25) is 9.59 Å². The number of carbonyl (C=O) groups is 2. The number of ketones is 2. The summed E-state index contributed by atoms with van der Waals surface area (Å²) < 4.78 is 11.7. The van der Waals surface area contributed by atoms with Crippen LogP contribution in [-0.4, -0.2) is 73.8 Å². The zero-order valence-corrected chi connectivity index (χ0v) is 30.0. The number of hydrogen-bond donors (Lipinski definition) is 0. The number of benzene rings is 2. The van der Waals surface area contributed by atoms with Crippen LogP contribution in [0.5, 0.6) is 11.5 Å². The molecule has 0 fully saturated rings. The van der Waals surface area contributed by atoms with Gasteiger partial charge in [-0.05, 0) is 126 Å². The van der Waals surface area contributed by atoms with Crippen molar-refractivity contribution in [1.29, 1.82) is 0 Å². The molecule has 0 aromatic heterocycles. The summed E-state index contributed by atoms with van der Waals surface area (Å²) in [5.74, 6) is 1.58. The third kappa shape index (κ3) is 14.4. The second-order valence-corrected chi connectivity index (χ2v) is 12.8. The Morgan fingerprint density at radius 1 is 0.522 bits per heavy atom. The molecule has 0 bridgehead atoms. The molecule has 0 radical (unpaired) electrons. The van der Waals surface area contributed by atoms with Gasteiger partial charge in [-0.25, -0.2) is 0 Å². The minimum Gasteiger partial charge on any atom is -0.494 e. The molecule has 2 rings (SSSR count). The molecule has 0 unspecified atom stereocenters. The summed E-state index contributed by atoms with van der Waals surface area (Å²) in [5.41, 5.74) is 1.45. The van der Waals surface area contributed by atoms with Crippen molar-refractivity contribution in [1.82, 2.24) is 9.80 Å². The predicted octanol–water partition coefficient (Wildman–Crippen LogP) is 9.37. The van der Waals surface area contributed by atoms with E-state index in [0.29, 0.717) is 39.1 Å². The lowest BCUT2D eigenvalue weighted by Gasteiger charge is -2.29. The van der Waals surface area contributed by atoms with Crippen molar-refractivity contribution in [3.8, 4) is 11.5 Å². The van der Waals surface area contributed by atoms with Crippen molar-refractivity contribution in [2.75, 3.05) is 52.5 Å². The Labute approximate surface area is 281 Å². The van der Waals surface area contributed by atoms with Crippen LogP contribution in [0.2, 0.25) is 0 Å². The molecule has 46 heavy (non-hydrogen) atoms. The smallest absolute Gasteiger partial charge is 0.167 e. The van der Waals surface area contributed by atoms with E-state index in [0.717, 1.165) is 100 Å². The minimum absolute atomic E-state index is 0.163. The van der Waals surface area contributed by atoms with Crippen LogP contribution >= 0.6 is 0 Å². The molecule has 0 aliphatic carbocycles. The topological polar surface area (TPSA) is 59.1 Å². The van der Waals surface area contributed by atoms with Crippen LogP contribution in [0.25, 0.3) is 0 Å². The molecule has 2 aromatic carbocycles. The Morgan fingerprint density at radius 2 is 0.848 bits per heavy atom. The Kier molecular flexibility index (Phi) is 20.2. The molecule has 0 saturated heterocycles. The molecular weight excluding hydrogens is 572 g/mol. The van der Waals surface area contributed by atoms with E-state index in [1.54, 1.807) is 0 Å². The fraction of sp³-hybridized carbons (Fsp3) is 0.650. The number of nitrogens with zero attached hydrogens (tertiary/aromatic N) is 2. The SMILES string of the molecule is CCCCOc1ccc(C(=O)[C@@H](CC[C@@H](CN(CCC)CCC)C(=O)c2ccc(OCCCC)cc2)CN(CCC)CCC)cc1. The van der Waals surface area contributed by atoms with Crippen molar-refractivity contribution in [2.24, 2.45) is 11.8 Å². The van der Waals surface area contributed by atoms with E-state index in [1.807, 2.05) is 48.5 Å². The minimum atomic E-state index is -0.180. The van der Waals surface area contributed by atoms with E-state index in [-0.39, 0.29) is 23.4 Å². The molecule has 0 amide bonds. The van der Waals surface area contributed by atoms with Gasteiger partial charge in [0.25, 0.3) is 0 Å².